The molecule has 1 amide bonds. The van der Waals surface area contributed by atoms with Crippen LogP contribution in [-0.2, 0) is 14.3 Å². The van der Waals surface area contributed by atoms with E-state index in [0.717, 1.165) is 29.0 Å². The molecule has 3 aromatic rings. The Balaban J connectivity index is 1.77. The second-order valence-electron chi connectivity index (χ2n) is 8.32. The molecule has 11 heteroatoms. The van der Waals surface area contributed by atoms with Crippen molar-refractivity contribution in [1.82, 2.24) is 14.8 Å². The van der Waals surface area contributed by atoms with Crippen molar-refractivity contribution in [3.8, 4) is 11.8 Å². The number of hydrogen-bond acceptors (Lipinski definition) is 8. The predicted octanol–water partition coefficient (Wildman–Crippen LogP) is 0.776. The van der Waals surface area contributed by atoms with E-state index in [1.807, 2.05) is 6.07 Å². The van der Waals surface area contributed by atoms with Crippen LogP contribution in [0.3, 0.4) is 0 Å². The number of hydrogen-bond donors (Lipinski definition) is 1. The highest BCUT2D eigenvalue weighted by Gasteiger charge is 2.19. The van der Waals surface area contributed by atoms with Gasteiger partial charge in [0.05, 0.1) is 36.1 Å². The minimum atomic E-state index is -0.673. The number of halogens is 1. The molecular weight excluding hydrogens is 511 g/mol. The maximum atomic E-state index is 14.8. The van der Waals surface area contributed by atoms with Crippen molar-refractivity contribution in [1.29, 1.82) is 5.26 Å². The zero-order valence-corrected chi connectivity index (χ0v) is 21.4. The largest absolute Gasteiger partial charge is 0.465 e. The predicted molar refractivity (Wildman–Crippen MR) is 140 cm³/mol. The Kier molecular flexibility index (Phi) is 8.81. The van der Waals surface area contributed by atoms with Crippen LogP contribution in [0.2, 0.25) is 0 Å². The zero-order chi connectivity index (χ0) is 27.1. The number of carbonyl (C=O) groups excluding carboxylic acids is 2. The van der Waals surface area contributed by atoms with Crippen LogP contribution in [0.5, 0.6) is 0 Å². The van der Waals surface area contributed by atoms with Crippen molar-refractivity contribution >= 4 is 34.9 Å². The highest BCUT2D eigenvalue weighted by molar-refractivity contribution is 7.07. The van der Waals surface area contributed by atoms with Crippen molar-refractivity contribution in [3.63, 3.8) is 0 Å². The van der Waals surface area contributed by atoms with Crippen LogP contribution < -0.4 is 20.1 Å². The summed E-state index contributed by atoms with van der Waals surface area (Å²) in [7, 11) is 1.28. The molecule has 0 aliphatic carbocycles. The maximum absolute atomic E-state index is 14.8. The normalized spacial score (nSPS) is 15.0. The number of nitrogens with one attached hydrogen (secondary N) is 1. The van der Waals surface area contributed by atoms with Crippen molar-refractivity contribution < 1.29 is 23.5 Å². The third kappa shape index (κ3) is 6.06. The Morgan fingerprint density at radius 1 is 1.18 bits per heavy atom. The average Bonchev–Trinajstić information content (AvgIpc) is 3.24. The van der Waals surface area contributed by atoms with Gasteiger partial charge in [-0.1, -0.05) is 24.3 Å². The lowest BCUT2D eigenvalue weighted by atomic mass is 10.1. The third-order valence-corrected chi connectivity index (χ3v) is 7.01. The number of amides is 1. The molecule has 9 nitrogen and oxygen atoms in total. The summed E-state index contributed by atoms with van der Waals surface area (Å²) < 4.78 is 26.1. The summed E-state index contributed by atoms with van der Waals surface area (Å²) in [4.78, 5) is 40.3. The molecule has 0 unspecified atom stereocenters. The van der Waals surface area contributed by atoms with Gasteiger partial charge in [0.15, 0.2) is 5.57 Å². The van der Waals surface area contributed by atoms with Gasteiger partial charge in [-0.3, -0.25) is 19.1 Å². The van der Waals surface area contributed by atoms with Gasteiger partial charge in [-0.2, -0.15) is 5.26 Å². The molecule has 0 radical (unpaired) electrons. The van der Waals surface area contributed by atoms with Crippen molar-refractivity contribution in [2.24, 2.45) is 0 Å². The number of nitriles is 1. The monoisotopic (exact) mass is 536 g/mol. The fraction of sp³-hybridized carbons (Fsp3) is 0.259. The van der Waals surface area contributed by atoms with E-state index in [2.05, 4.69) is 10.2 Å². The molecule has 0 atom stereocenters. The van der Waals surface area contributed by atoms with E-state index in [1.165, 1.54) is 25.3 Å². The smallest absolute Gasteiger partial charge is 0.337 e. The number of ether oxygens (including phenoxy) is 2. The number of morpholine rings is 1. The van der Waals surface area contributed by atoms with Gasteiger partial charge < -0.3 is 14.8 Å². The van der Waals surface area contributed by atoms with Crippen molar-refractivity contribution in [2.75, 3.05) is 46.5 Å². The molecule has 1 aliphatic heterocycles. The Labute approximate surface area is 221 Å². The van der Waals surface area contributed by atoms with Crippen LogP contribution in [-0.4, -0.2) is 67.8 Å². The zero-order valence-electron chi connectivity index (χ0n) is 20.6. The summed E-state index contributed by atoms with van der Waals surface area (Å²) in [6.45, 7) is 3.63. The lowest BCUT2D eigenvalue weighted by molar-refractivity contribution is -0.115. The SMILES string of the molecule is COC(=O)c1ccc(/C=c2/s/c(=C(/C#N)C(=O)NCCN3CCOCC3)n(-c3ccccc3F)c2=O)cc1. The van der Waals surface area contributed by atoms with Crippen molar-refractivity contribution in [3.05, 3.63) is 85.0 Å². The fourth-order valence-corrected chi connectivity index (χ4v) is 5.02. The number of methoxy groups -OCH3 is 1. The first-order valence-electron chi connectivity index (χ1n) is 11.8. The summed E-state index contributed by atoms with van der Waals surface area (Å²) in [6, 6.07) is 13.9. The fourth-order valence-electron chi connectivity index (χ4n) is 3.92. The highest BCUT2D eigenvalue weighted by Crippen LogP contribution is 2.10. The minimum Gasteiger partial charge on any atom is -0.465 e. The number of esters is 1. The minimum absolute atomic E-state index is 0.0175. The molecule has 1 saturated heterocycles. The number of nitrogens with zero attached hydrogens (tertiary/aromatic N) is 3. The molecule has 196 valence electrons. The van der Waals surface area contributed by atoms with Gasteiger partial charge in [0.1, 0.15) is 16.5 Å². The van der Waals surface area contributed by atoms with E-state index < -0.39 is 23.3 Å². The maximum Gasteiger partial charge on any atom is 0.337 e. The van der Waals surface area contributed by atoms with Crippen LogP contribution in [0, 0.1) is 17.1 Å². The molecular formula is C27H25FN4O5S. The van der Waals surface area contributed by atoms with E-state index in [0.29, 0.717) is 37.4 Å². The molecule has 2 aromatic carbocycles. The van der Waals surface area contributed by atoms with E-state index in [1.54, 1.807) is 36.4 Å². The molecule has 1 N–H and O–H groups in total. The number of benzene rings is 2. The first-order valence-corrected chi connectivity index (χ1v) is 12.6. The van der Waals surface area contributed by atoms with Gasteiger partial charge in [0.25, 0.3) is 11.5 Å². The quantitative estimate of drug-likeness (QED) is 0.444. The number of thiazole rings is 1. The van der Waals surface area contributed by atoms with Gasteiger partial charge in [-0.05, 0) is 35.9 Å². The van der Waals surface area contributed by atoms with E-state index in [-0.39, 0.29) is 20.5 Å². The van der Waals surface area contributed by atoms with Gasteiger partial charge >= 0.3 is 5.97 Å². The Morgan fingerprint density at radius 2 is 1.89 bits per heavy atom. The van der Waals surface area contributed by atoms with Gasteiger partial charge in [0, 0.05) is 26.2 Å². The second kappa shape index (κ2) is 12.4. The Morgan fingerprint density at radius 3 is 2.55 bits per heavy atom. The third-order valence-electron chi connectivity index (χ3n) is 5.92. The summed E-state index contributed by atoms with van der Waals surface area (Å²) in [5.74, 6) is -1.82. The molecule has 1 fully saturated rings. The van der Waals surface area contributed by atoms with Crippen LogP contribution in [0.15, 0.2) is 53.3 Å². The van der Waals surface area contributed by atoms with Crippen molar-refractivity contribution in [2.45, 2.75) is 0 Å². The van der Waals surface area contributed by atoms with Crippen LogP contribution >= 0.6 is 11.3 Å². The van der Waals surface area contributed by atoms with E-state index in [9.17, 15) is 24.0 Å². The lowest BCUT2D eigenvalue weighted by Crippen LogP contribution is -2.42. The summed E-state index contributed by atoms with van der Waals surface area (Å²) in [6.07, 6.45) is 1.56. The molecule has 1 aromatic heterocycles. The van der Waals surface area contributed by atoms with Gasteiger partial charge in [0.2, 0.25) is 0 Å². The topological polar surface area (TPSA) is 114 Å². The molecule has 1 aliphatic rings. The van der Waals surface area contributed by atoms with Crippen LogP contribution in [0.25, 0.3) is 17.3 Å². The molecule has 2 heterocycles. The first-order chi connectivity index (χ1) is 18.4. The summed E-state index contributed by atoms with van der Waals surface area (Å²) >= 11 is 0.911. The highest BCUT2D eigenvalue weighted by atomic mass is 32.1. The van der Waals surface area contributed by atoms with Crippen LogP contribution in [0.1, 0.15) is 15.9 Å². The Bertz CT molecular complexity index is 1550. The average molecular weight is 537 g/mol. The molecule has 0 bridgehead atoms. The molecule has 4 rings (SSSR count). The summed E-state index contributed by atoms with van der Waals surface area (Å²) in [5.41, 5.74) is -0.0109. The standard InChI is InChI=1S/C27H25FN4O5S/c1-36-27(35)19-8-6-18(7-9-19)16-23-25(34)32(22-5-3-2-4-21(22)28)26(38-23)20(17-29)24(33)30-10-11-31-12-14-37-15-13-31/h2-9,16H,10-15H2,1H3,(H,30,33)/b23-16+,26-20-. The van der Waals surface area contributed by atoms with Crippen LogP contribution in [0.4, 0.5) is 4.39 Å². The number of aromatic nitrogens is 1. The molecule has 0 saturated carbocycles. The lowest BCUT2D eigenvalue weighted by Gasteiger charge is -2.26. The van der Waals surface area contributed by atoms with Gasteiger partial charge in [-0.15, -0.1) is 11.3 Å². The summed E-state index contributed by atoms with van der Waals surface area (Å²) in [5, 5.41) is 12.6. The number of carbonyl (C=O) groups is 2. The second-order valence-corrected chi connectivity index (χ2v) is 9.35. The first kappa shape index (κ1) is 26.9. The number of rotatable bonds is 7. The number of para-hydroxylation sites is 1. The van der Waals surface area contributed by atoms with Gasteiger partial charge in [-0.25, -0.2) is 9.18 Å². The molecule has 38 heavy (non-hydrogen) atoms. The Hall–Kier alpha value is -4.11. The van der Waals surface area contributed by atoms with E-state index in [4.69, 9.17) is 9.47 Å². The molecule has 0 spiro atoms. The van der Waals surface area contributed by atoms with E-state index >= 15 is 0 Å².